The summed E-state index contributed by atoms with van der Waals surface area (Å²) in [6.07, 6.45) is 7.84. The Kier molecular flexibility index (Phi) is 7.33. The van der Waals surface area contributed by atoms with E-state index in [0.29, 0.717) is 6.61 Å². The second-order valence-electron chi connectivity index (χ2n) is 3.43. The first-order valence-corrected chi connectivity index (χ1v) is 5.19. The van der Waals surface area contributed by atoms with Gasteiger partial charge in [0, 0.05) is 5.71 Å². The summed E-state index contributed by atoms with van der Waals surface area (Å²) in [5, 5.41) is 0. The zero-order valence-corrected chi connectivity index (χ0v) is 10.4. The predicted molar refractivity (Wildman–Crippen MR) is 67.1 cm³/mol. The Morgan fingerprint density at radius 2 is 1.87 bits per heavy atom. The normalized spacial score (nSPS) is 13.1. The van der Waals surface area contributed by atoms with Crippen LogP contribution in [0.25, 0.3) is 0 Å². The van der Waals surface area contributed by atoms with Gasteiger partial charge in [-0.15, -0.1) is 0 Å². The fourth-order valence-corrected chi connectivity index (χ4v) is 0.935. The van der Waals surface area contributed by atoms with Crippen molar-refractivity contribution >= 4 is 5.71 Å². The van der Waals surface area contributed by atoms with E-state index in [1.54, 1.807) is 0 Å². The van der Waals surface area contributed by atoms with Crippen LogP contribution in [0.2, 0.25) is 0 Å². The highest BCUT2D eigenvalue weighted by Crippen LogP contribution is 2.03. The average Bonchev–Trinajstić information content (AvgIpc) is 2.20. The van der Waals surface area contributed by atoms with Crippen molar-refractivity contribution in [3.05, 3.63) is 35.8 Å². The van der Waals surface area contributed by atoms with E-state index in [1.807, 2.05) is 58.9 Å². The van der Waals surface area contributed by atoms with E-state index < -0.39 is 0 Å². The summed E-state index contributed by atoms with van der Waals surface area (Å²) in [4.78, 5) is 4.36. The van der Waals surface area contributed by atoms with Gasteiger partial charge in [-0.05, 0) is 40.7 Å². The largest absolute Gasteiger partial charge is 0.492 e. The SMILES string of the molecule is C/C=C\C=C(/C)OC/C(=C/C)N=C(C)C. The van der Waals surface area contributed by atoms with Crippen molar-refractivity contribution in [1.29, 1.82) is 0 Å². The molecular formula is C13H21NO. The van der Waals surface area contributed by atoms with Crippen LogP contribution in [0.3, 0.4) is 0 Å². The number of allylic oxidation sites excluding steroid dienone is 5. The van der Waals surface area contributed by atoms with E-state index in [0.717, 1.165) is 17.2 Å². The van der Waals surface area contributed by atoms with Gasteiger partial charge in [-0.3, -0.25) is 4.99 Å². The molecule has 0 unspecified atom stereocenters. The molecule has 0 aromatic rings. The van der Waals surface area contributed by atoms with Crippen LogP contribution in [0.1, 0.15) is 34.6 Å². The molecule has 0 radical (unpaired) electrons. The minimum atomic E-state index is 0.529. The molecule has 2 heteroatoms. The third-order valence-electron chi connectivity index (χ3n) is 1.67. The highest BCUT2D eigenvalue weighted by Gasteiger charge is 1.94. The van der Waals surface area contributed by atoms with E-state index in [-0.39, 0.29) is 0 Å². The Bertz CT molecular complexity index is 292. The smallest absolute Gasteiger partial charge is 0.129 e. The third-order valence-corrected chi connectivity index (χ3v) is 1.67. The maximum atomic E-state index is 5.53. The summed E-state index contributed by atoms with van der Waals surface area (Å²) in [5.74, 6) is 0.899. The molecule has 0 rings (SSSR count). The number of aliphatic imine (C=N–C) groups is 1. The van der Waals surface area contributed by atoms with Gasteiger partial charge in [0.05, 0.1) is 11.5 Å². The molecule has 0 amide bonds. The first-order chi connectivity index (χ1) is 7.10. The topological polar surface area (TPSA) is 21.6 Å². The van der Waals surface area contributed by atoms with Crippen LogP contribution in [0.15, 0.2) is 40.8 Å². The first-order valence-electron chi connectivity index (χ1n) is 5.19. The van der Waals surface area contributed by atoms with Crippen LogP contribution in [-0.4, -0.2) is 12.3 Å². The summed E-state index contributed by atoms with van der Waals surface area (Å²) in [6, 6.07) is 0. The molecule has 0 N–H and O–H groups in total. The van der Waals surface area contributed by atoms with Gasteiger partial charge >= 0.3 is 0 Å². The van der Waals surface area contributed by atoms with Crippen LogP contribution in [0.4, 0.5) is 0 Å². The molecule has 0 aliphatic rings. The van der Waals surface area contributed by atoms with Gasteiger partial charge in [-0.2, -0.15) is 0 Å². The van der Waals surface area contributed by atoms with Crippen molar-refractivity contribution in [2.75, 3.05) is 6.61 Å². The van der Waals surface area contributed by atoms with Crippen molar-refractivity contribution in [2.45, 2.75) is 34.6 Å². The minimum Gasteiger partial charge on any atom is -0.492 e. The maximum Gasteiger partial charge on any atom is 0.129 e. The fraction of sp³-hybridized carbons (Fsp3) is 0.462. The second kappa shape index (κ2) is 8.04. The van der Waals surface area contributed by atoms with Crippen molar-refractivity contribution in [2.24, 2.45) is 4.99 Å². The lowest BCUT2D eigenvalue weighted by atomic mass is 10.4. The van der Waals surface area contributed by atoms with Gasteiger partial charge in [0.15, 0.2) is 0 Å². The highest BCUT2D eigenvalue weighted by molar-refractivity contribution is 5.80. The number of nitrogens with zero attached hydrogens (tertiary/aromatic N) is 1. The standard InChI is InChI=1S/C13H21NO/c1-6-8-9-12(5)15-10-13(7-2)14-11(3)4/h6-9H,10H2,1-5H3/b8-6-,12-9+,13-7-. The maximum absolute atomic E-state index is 5.53. The van der Waals surface area contributed by atoms with Crippen molar-refractivity contribution in [1.82, 2.24) is 0 Å². The molecule has 0 saturated heterocycles. The molecule has 0 aliphatic carbocycles. The summed E-state index contributed by atoms with van der Waals surface area (Å²) < 4.78 is 5.53. The number of rotatable bonds is 5. The molecule has 15 heavy (non-hydrogen) atoms. The Morgan fingerprint density at radius 3 is 2.33 bits per heavy atom. The van der Waals surface area contributed by atoms with Crippen molar-refractivity contribution in [3.8, 4) is 0 Å². The highest BCUT2D eigenvalue weighted by atomic mass is 16.5. The quantitative estimate of drug-likeness (QED) is 0.381. The van der Waals surface area contributed by atoms with Gasteiger partial charge in [0.2, 0.25) is 0 Å². The van der Waals surface area contributed by atoms with Crippen LogP contribution in [0.5, 0.6) is 0 Å². The molecule has 2 nitrogen and oxygen atoms in total. The van der Waals surface area contributed by atoms with E-state index in [4.69, 9.17) is 4.74 Å². The number of hydrogen-bond donors (Lipinski definition) is 0. The number of hydrogen-bond acceptors (Lipinski definition) is 2. The van der Waals surface area contributed by atoms with Crippen molar-refractivity contribution < 1.29 is 4.74 Å². The molecular weight excluding hydrogens is 186 g/mol. The molecule has 84 valence electrons. The van der Waals surface area contributed by atoms with E-state index in [2.05, 4.69) is 4.99 Å². The van der Waals surface area contributed by atoms with Crippen molar-refractivity contribution in [3.63, 3.8) is 0 Å². The van der Waals surface area contributed by atoms with Gasteiger partial charge in [0.25, 0.3) is 0 Å². The van der Waals surface area contributed by atoms with Gasteiger partial charge in [-0.1, -0.05) is 18.2 Å². The van der Waals surface area contributed by atoms with Gasteiger partial charge in [0.1, 0.15) is 6.61 Å². The summed E-state index contributed by atoms with van der Waals surface area (Å²) in [7, 11) is 0. The summed E-state index contributed by atoms with van der Waals surface area (Å²) >= 11 is 0. The molecule has 0 heterocycles. The zero-order chi connectivity index (χ0) is 11.7. The Labute approximate surface area is 93.1 Å². The third kappa shape index (κ3) is 7.74. The van der Waals surface area contributed by atoms with E-state index >= 15 is 0 Å². The molecule has 0 saturated carbocycles. The van der Waals surface area contributed by atoms with Crippen LogP contribution in [0, 0.1) is 0 Å². The molecule has 0 bridgehead atoms. The molecule has 0 aromatic carbocycles. The molecule has 0 aliphatic heterocycles. The zero-order valence-electron chi connectivity index (χ0n) is 10.4. The summed E-state index contributed by atoms with van der Waals surface area (Å²) in [6.45, 7) is 10.4. The minimum absolute atomic E-state index is 0.529. The summed E-state index contributed by atoms with van der Waals surface area (Å²) in [5.41, 5.74) is 2.00. The van der Waals surface area contributed by atoms with Gasteiger partial charge < -0.3 is 4.74 Å². The number of ether oxygens (including phenoxy) is 1. The first kappa shape index (κ1) is 13.7. The van der Waals surface area contributed by atoms with Gasteiger partial charge in [-0.25, -0.2) is 0 Å². The molecule has 0 aromatic heterocycles. The lowest BCUT2D eigenvalue weighted by Gasteiger charge is -2.06. The van der Waals surface area contributed by atoms with E-state index in [1.165, 1.54) is 0 Å². The van der Waals surface area contributed by atoms with Crippen LogP contribution >= 0.6 is 0 Å². The molecule has 0 atom stereocenters. The fourth-order valence-electron chi connectivity index (χ4n) is 0.935. The average molecular weight is 207 g/mol. The predicted octanol–water partition coefficient (Wildman–Crippen LogP) is 3.87. The molecule has 0 fully saturated rings. The monoisotopic (exact) mass is 207 g/mol. The van der Waals surface area contributed by atoms with Crippen LogP contribution in [-0.2, 0) is 4.74 Å². The lowest BCUT2D eigenvalue weighted by Crippen LogP contribution is -1.96. The Hall–Kier alpha value is -1.31. The Balaban J connectivity index is 4.20. The molecule has 0 spiro atoms. The van der Waals surface area contributed by atoms with E-state index in [9.17, 15) is 0 Å². The lowest BCUT2D eigenvalue weighted by molar-refractivity contribution is 0.240. The second-order valence-corrected chi connectivity index (χ2v) is 3.43. The van der Waals surface area contributed by atoms with Crippen LogP contribution < -0.4 is 0 Å². The Morgan fingerprint density at radius 1 is 1.20 bits per heavy atom.